The fraction of sp³-hybridized carbons (Fsp3) is 0.154. The van der Waals surface area contributed by atoms with Gasteiger partial charge in [-0.15, -0.1) is 0 Å². The van der Waals surface area contributed by atoms with Gasteiger partial charge in [0.05, 0.1) is 12.2 Å². The van der Waals surface area contributed by atoms with Crippen molar-refractivity contribution in [2.45, 2.75) is 13.0 Å². The summed E-state index contributed by atoms with van der Waals surface area (Å²) in [6, 6.07) is 9.08. The summed E-state index contributed by atoms with van der Waals surface area (Å²) in [6.45, 7) is 2.00. The molecule has 1 heterocycles. The van der Waals surface area contributed by atoms with E-state index in [-0.39, 0.29) is 11.9 Å². The highest BCUT2D eigenvalue weighted by molar-refractivity contribution is 5.32. The highest BCUT2D eigenvalue weighted by Gasteiger charge is 2.13. The normalized spacial score (nSPS) is 12.4. The first-order valence-electron chi connectivity index (χ1n) is 5.34. The van der Waals surface area contributed by atoms with Crippen molar-refractivity contribution in [1.82, 2.24) is 10.4 Å². The Labute approximate surface area is 99.5 Å². The number of aromatic nitrogens is 1. The Kier molecular flexibility index (Phi) is 3.46. The summed E-state index contributed by atoms with van der Waals surface area (Å²) in [5.74, 6) is 5.17. The molecule has 1 aromatic heterocycles. The van der Waals surface area contributed by atoms with Crippen LogP contribution in [0.2, 0.25) is 0 Å². The lowest BCUT2D eigenvalue weighted by molar-refractivity contribution is 0.597. The first kappa shape index (κ1) is 11.7. The molecule has 0 radical (unpaired) electrons. The van der Waals surface area contributed by atoms with Crippen molar-refractivity contribution in [3.8, 4) is 0 Å². The Bertz CT molecular complexity index is 468. The summed E-state index contributed by atoms with van der Waals surface area (Å²) < 4.78 is 13.1. The van der Waals surface area contributed by atoms with Gasteiger partial charge in [0, 0.05) is 6.20 Å². The standard InChI is InChI=1S/C13H14FN3/c1-9-3-2-4-10(5-9)13(17-15)11-6-12(14)8-16-7-11/h2-8,13,17H,15H2,1H3. The van der Waals surface area contributed by atoms with Gasteiger partial charge in [0.2, 0.25) is 0 Å². The van der Waals surface area contributed by atoms with Crippen molar-refractivity contribution in [3.05, 3.63) is 65.2 Å². The number of nitrogens with two attached hydrogens (primary N) is 1. The number of nitrogens with one attached hydrogen (secondary N) is 1. The maximum absolute atomic E-state index is 13.1. The van der Waals surface area contributed by atoms with Crippen LogP contribution in [0.5, 0.6) is 0 Å². The van der Waals surface area contributed by atoms with Crippen molar-refractivity contribution < 1.29 is 4.39 Å². The molecular weight excluding hydrogens is 217 g/mol. The second-order valence-corrected chi connectivity index (χ2v) is 3.95. The number of halogens is 1. The molecule has 0 bridgehead atoms. The fourth-order valence-corrected chi connectivity index (χ4v) is 1.82. The minimum absolute atomic E-state index is 0.252. The van der Waals surface area contributed by atoms with Crippen LogP contribution in [0, 0.1) is 12.7 Å². The summed E-state index contributed by atoms with van der Waals surface area (Å²) in [5.41, 5.74) is 5.51. The lowest BCUT2D eigenvalue weighted by Gasteiger charge is -2.16. The third-order valence-corrected chi connectivity index (χ3v) is 2.60. The lowest BCUT2D eigenvalue weighted by atomic mass is 9.99. The van der Waals surface area contributed by atoms with Crippen LogP contribution in [0.4, 0.5) is 4.39 Å². The summed E-state index contributed by atoms with van der Waals surface area (Å²) >= 11 is 0. The van der Waals surface area contributed by atoms with Crippen molar-refractivity contribution in [2.75, 3.05) is 0 Å². The van der Waals surface area contributed by atoms with E-state index in [0.717, 1.165) is 11.1 Å². The number of pyridine rings is 1. The maximum atomic E-state index is 13.1. The van der Waals surface area contributed by atoms with E-state index in [2.05, 4.69) is 10.4 Å². The molecular formula is C13H14FN3. The van der Waals surface area contributed by atoms with Gasteiger partial charge in [-0.2, -0.15) is 0 Å². The van der Waals surface area contributed by atoms with Crippen LogP contribution >= 0.6 is 0 Å². The maximum Gasteiger partial charge on any atom is 0.141 e. The lowest BCUT2D eigenvalue weighted by Crippen LogP contribution is -2.29. The SMILES string of the molecule is Cc1cccc(C(NN)c2cncc(F)c2)c1. The topological polar surface area (TPSA) is 50.9 Å². The van der Waals surface area contributed by atoms with Gasteiger partial charge in [-0.3, -0.25) is 10.8 Å². The van der Waals surface area contributed by atoms with Crippen LogP contribution in [-0.2, 0) is 0 Å². The van der Waals surface area contributed by atoms with Crippen molar-refractivity contribution in [3.63, 3.8) is 0 Å². The second-order valence-electron chi connectivity index (χ2n) is 3.95. The van der Waals surface area contributed by atoms with E-state index in [1.54, 1.807) is 6.20 Å². The quantitative estimate of drug-likeness (QED) is 0.628. The molecule has 17 heavy (non-hydrogen) atoms. The van der Waals surface area contributed by atoms with Crippen LogP contribution in [0.3, 0.4) is 0 Å². The van der Waals surface area contributed by atoms with Crippen molar-refractivity contribution >= 4 is 0 Å². The molecule has 3 nitrogen and oxygen atoms in total. The molecule has 4 heteroatoms. The Morgan fingerprint density at radius 2 is 2.06 bits per heavy atom. The first-order valence-corrected chi connectivity index (χ1v) is 5.34. The summed E-state index contributed by atoms with van der Waals surface area (Å²) in [5, 5.41) is 0. The van der Waals surface area contributed by atoms with E-state index in [9.17, 15) is 4.39 Å². The number of aryl methyl sites for hydroxylation is 1. The average Bonchev–Trinajstić information content (AvgIpc) is 2.30. The van der Waals surface area contributed by atoms with E-state index >= 15 is 0 Å². The van der Waals surface area contributed by atoms with Gasteiger partial charge < -0.3 is 0 Å². The molecule has 0 fully saturated rings. The molecule has 0 amide bonds. The predicted molar refractivity (Wildman–Crippen MR) is 64.5 cm³/mol. The van der Waals surface area contributed by atoms with Gasteiger partial charge in [0.15, 0.2) is 0 Å². The first-order chi connectivity index (χ1) is 8.20. The smallest absolute Gasteiger partial charge is 0.141 e. The molecule has 88 valence electrons. The number of hydrogen-bond acceptors (Lipinski definition) is 3. The fourth-order valence-electron chi connectivity index (χ4n) is 1.82. The third kappa shape index (κ3) is 2.67. The van der Waals surface area contributed by atoms with Crippen LogP contribution < -0.4 is 11.3 Å². The minimum atomic E-state index is -0.365. The van der Waals surface area contributed by atoms with Gasteiger partial charge in [-0.25, -0.2) is 9.82 Å². The number of nitrogens with zero attached hydrogens (tertiary/aromatic N) is 1. The number of rotatable bonds is 3. The van der Waals surface area contributed by atoms with Gasteiger partial charge in [-0.05, 0) is 24.1 Å². The van der Waals surface area contributed by atoms with Crippen molar-refractivity contribution in [1.29, 1.82) is 0 Å². The molecule has 0 aliphatic heterocycles. The highest BCUT2D eigenvalue weighted by Crippen LogP contribution is 2.21. The molecule has 1 unspecified atom stereocenters. The molecule has 3 N–H and O–H groups in total. The van der Waals surface area contributed by atoms with Gasteiger partial charge in [-0.1, -0.05) is 29.8 Å². The molecule has 0 aliphatic rings. The second kappa shape index (κ2) is 5.03. The number of hydrogen-bond donors (Lipinski definition) is 2. The van der Waals surface area contributed by atoms with Crippen LogP contribution in [0.15, 0.2) is 42.7 Å². The van der Waals surface area contributed by atoms with E-state index in [1.807, 2.05) is 31.2 Å². The average molecular weight is 231 g/mol. The minimum Gasteiger partial charge on any atom is -0.271 e. The summed E-state index contributed by atoms with van der Waals surface area (Å²) in [6.07, 6.45) is 2.78. The number of benzene rings is 1. The molecule has 0 saturated heterocycles. The van der Waals surface area contributed by atoms with Crippen LogP contribution in [0.1, 0.15) is 22.7 Å². The van der Waals surface area contributed by atoms with Crippen molar-refractivity contribution in [2.24, 2.45) is 5.84 Å². The Hall–Kier alpha value is -1.78. The third-order valence-electron chi connectivity index (χ3n) is 2.60. The van der Waals surface area contributed by atoms with E-state index in [0.29, 0.717) is 5.56 Å². The Balaban J connectivity index is 2.40. The van der Waals surface area contributed by atoms with Gasteiger partial charge >= 0.3 is 0 Å². The predicted octanol–water partition coefficient (Wildman–Crippen LogP) is 2.08. The summed E-state index contributed by atoms with van der Waals surface area (Å²) in [4.78, 5) is 3.83. The monoisotopic (exact) mass is 231 g/mol. The van der Waals surface area contributed by atoms with Gasteiger partial charge in [0.1, 0.15) is 5.82 Å². The van der Waals surface area contributed by atoms with Crippen LogP contribution in [0.25, 0.3) is 0 Å². The Morgan fingerprint density at radius 3 is 2.71 bits per heavy atom. The largest absolute Gasteiger partial charge is 0.271 e. The summed E-state index contributed by atoms with van der Waals surface area (Å²) in [7, 11) is 0. The molecule has 1 aromatic carbocycles. The van der Waals surface area contributed by atoms with Gasteiger partial charge in [0.25, 0.3) is 0 Å². The zero-order valence-electron chi connectivity index (χ0n) is 9.52. The van der Waals surface area contributed by atoms with E-state index in [4.69, 9.17) is 5.84 Å². The zero-order chi connectivity index (χ0) is 12.3. The molecule has 0 spiro atoms. The zero-order valence-corrected chi connectivity index (χ0v) is 9.52. The Morgan fingerprint density at radius 1 is 1.24 bits per heavy atom. The molecule has 2 aromatic rings. The van der Waals surface area contributed by atoms with Crippen LogP contribution in [-0.4, -0.2) is 4.98 Å². The highest BCUT2D eigenvalue weighted by atomic mass is 19.1. The molecule has 0 saturated carbocycles. The molecule has 2 rings (SSSR count). The van der Waals surface area contributed by atoms with E-state index < -0.39 is 0 Å². The van der Waals surface area contributed by atoms with E-state index in [1.165, 1.54) is 12.3 Å². The molecule has 1 atom stereocenters. The molecule has 0 aliphatic carbocycles. The number of hydrazine groups is 1.